The predicted octanol–water partition coefficient (Wildman–Crippen LogP) is 2.63. The fraction of sp³-hybridized carbons (Fsp3) is 0.400. The lowest BCUT2D eigenvalue weighted by atomic mass is 10.1. The molecule has 0 atom stereocenters. The molecule has 2 saturated heterocycles. The van der Waals surface area contributed by atoms with Crippen molar-refractivity contribution in [1.82, 2.24) is 9.88 Å². The number of rotatable bonds is 3. The summed E-state index contributed by atoms with van der Waals surface area (Å²) in [6.45, 7) is 3.00. The van der Waals surface area contributed by atoms with Crippen LogP contribution >= 0.6 is 11.6 Å². The zero-order chi connectivity index (χ0) is 20.4. The van der Waals surface area contributed by atoms with Crippen LogP contribution in [0.1, 0.15) is 23.2 Å². The SMILES string of the molecule is O=C(c1ccc(N2CCCCS2(=O)=O)cc1Cl)N1CCN(c2ccccn2)CC1. The second kappa shape index (κ2) is 8.20. The number of carbonyl (C=O) groups is 1. The van der Waals surface area contributed by atoms with Crippen molar-refractivity contribution >= 4 is 39.0 Å². The highest BCUT2D eigenvalue weighted by atomic mass is 35.5. The van der Waals surface area contributed by atoms with Gasteiger partial charge in [-0.05, 0) is 43.2 Å². The largest absolute Gasteiger partial charge is 0.353 e. The molecule has 1 amide bonds. The smallest absolute Gasteiger partial charge is 0.255 e. The van der Waals surface area contributed by atoms with Crippen molar-refractivity contribution in [1.29, 1.82) is 0 Å². The average Bonchev–Trinajstić information content (AvgIpc) is 2.74. The van der Waals surface area contributed by atoms with Gasteiger partial charge in [0.05, 0.1) is 22.0 Å². The van der Waals surface area contributed by atoms with E-state index in [9.17, 15) is 13.2 Å². The highest BCUT2D eigenvalue weighted by Gasteiger charge is 2.28. The number of halogens is 1. The van der Waals surface area contributed by atoms with E-state index in [2.05, 4.69) is 9.88 Å². The molecule has 2 fully saturated rings. The zero-order valence-corrected chi connectivity index (χ0v) is 17.6. The Morgan fingerprint density at radius 2 is 1.79 bits per heavy atom. The van der Waals surface area contributed by atoms with E-state index in [4.69, 9.17) is 11.6 Å². The first-order valence-electron chi connectivity index (χ1n) is 9.71. The topological polar surface area (TPSA) is 73.8 Å². The summed E-state index contributed by atoms with van der Waals surface area (Å²) in [5.41, 5.74) is 0.919. The van der Waals surface area contributed by atoms with Crippen molar-refractivity contribution in [3.8, 4) is 0 Å². The number of nitrogens with zero attached hydrogens (tertiary/aromatic N) is 4. The molecule has 2 aliphatic heterocycles. The van der Waals surface area contributed by atoms with Crippen LogP contribution in [-0.2, 0) is 10.0 Å². The summed E-state index contributed by atoms with van der Waals surface area (Å²) < 4.78 is 26.0. The van der Waals surface area contributed by atoms with Gasteiger partial charge >= 0.3 is 0 Å². The second-order valence-corrected chi connectivity index (χ2v) is 9.65. The van der Waals surface area contributed by atoms with Crippen LogP contribution in [-0.4, -0.2) is 62.7 Å². The van der Waals surface area contributed by atoms with E-state index in [0.29, 0.717) is 50.4 Å². The lowest BCUT2D eigenvalue weighted by Gasteiger charge is -2.35. The summed E-state index contributed by atoms with van der Waals surface area (Å²) in [5.74, 6) is 0.916. The molecule has 0 saturated carbocycles. The van der Waals surface area contributed by atoms with Crippen LogP contribution in [0.2, 0.25) is 5.02 Å². The van der Waals surface area contributed by atoms with Crippen LogP contribution < -0.4 is 9.21 Å². The molecule has 1 aromatic heterocycles. The van der Waals surface area contributed by atoms with Gasteiger partial charge in [-0.1, -0.05) is 17.7 Å². The molecule has 2 aliphatic rings. The number of sulfonamides is 1. The highest BCUT2D eigenvalue weighted by Crippen LogP contribution is 2.29. The number of hydrogen-bond acceptors (Lipinski definition) is 5. The fourth-order valence-corrected chi connectivity index (χ4v) is 5.65. The van der Waals surface area contributed by atoms with Crippen LogP contribution in [0.25, 0.3) is 0 Å². The Hall–Kier alpha value is -2.32. The summed E-state index contributed by atoms with van der Waals surface area (Å²) in [6.07, 6.45) is 3.25. The van der Waals surface area contributed by atoms with Gasteiger partial charge < -0.3 is 9.80 Å². The third-order valence-electron chi connectivity index (χ3n) is 5.36. The van der Waals surface area contributed by atoms with E-state index in [1.807, 2.05) is 18.2 Å². The van der Waals surface area contributed by atoms with Crippen molar-refractivity contribution in [2.45, 2.75) is 12.8 Å². The summed E-state index contributed by atoms with van der Waals surface area (Å²) in [5, 5.41) is 0.278. The van der Waals surface area contributed by atoms with Crippen molar-refractivity contribution in [2.75, 3.05) is 47.7 Å². The molecule has 0 N–H and O–H groups in total. The normalized spacial score (nSPS) is 19.3. The first-order chi connectivity index (χ1) is 14.0. The van der Waals surface area contributed by atoms with Gasteiger partial charge in [0, 0.05) is 38.9 Å². The number of pyridine rings is 1. The predicted molar refractivity (Wildman–Crippen MR) is 114 cm³/mol. The second-order valence-electron chi connectivity index (χ2n) is 7.23. The monoisotopic (exact) mass is 434 g/mol. The third kappa shape index (κ3) is 4.18. The van der Waals surface area contributed by atoms with E-state index in [1.54, 1.807) is 29.3 Å². The summed E-state index contributed by atoms with van der Waals surface area (Å²) in [4.78, 5) is 21.2. The first kappa shape index (κ1) is 20.0. The van der Waals surface area contributed by atoms with Gasteiger partial charge in [0.1, 0.15) is 5.82 Å². The Labute approximate surface area is 175 Å². The number of aromatic nitrogens is 1. The van der Waals surface area contributed by atoms with Crippen molar-refractivity contribution < 1.29 is 13.2 Å². The summed E-state index contributed by atoms with van der Waals surface area (Å²) >= 11 is 6.39. The first-order valence-corrected chi connectivity index (χ1v) is 11.7. The van der Waals surface area contributed by atoms with Crippen LogP contribution in [0.4, 0.5) is 11.5 Å². The number of benzene rings is 1. The Morgan fingerprint density at radius 1 is 1.00 bits per heavy atom. The molecule has 4 rings (SSSR count). The van der Waals surface area contributed by atoms with Gasteiger partial charge in [-0.15, -0.1) is 0 Å². The van der Waals surface area contributed by atoms with Crippen molar-refractivity contribution in [2.24, 2.45) is 0 Å². The van der Waals surface area contributed by atoms with Crippen LogP contribution in [0.3, 0.4) is 0 Å². The van der Waals surface area contributed by atoms with Crippen molar-refractivity contribution in [3.63, 3.8) is 0 Å². The van der Waals surface area contributed by atoms with E-state index >= 15 is 0 Å². The molecule has 0 radical (unpaired) electrons. The van der Waals surface area contributed by atoms with Gasteiger partial charge in [0.25, 0.3) is 5.91 Å². The molecule has 154 valence electrons. The number of carbonyl (C=O) groups excluding carboxylic acids is 1. The molecule has 0 unspecified atom stereocenters. The lowest BCUT2D eigenvalue weighted by Crippen LogP contribution is -2.49. The van der Waals surface area contributed by atoms with E-state index in [0.717, 1.165) is 12.2 Å². The molecular weight excluding hydrogens is 412 g/mol. The Balaban J connectivity index is 1.46. The highest BCUT2D eigenvalue weighted by molar-refractivity contribution is 7.92. The van der Waals surface area contributed by atoms with Crippen LogP contribution in [0.5, 0.6) is 0 Å². The number of piperazine rings is 1. The Kier molecular flexibility index (Phi) is 5.65. The molecule has 0 bridgehead atoms. The molecular formula is C20H23ClN4O3S. The fourth-order valence-electron chi connectivity index (χ4n) is 3.76. The molecule has 0 aliphatic carbocycles. The molecule has 1 aromatic carbocycles. The standard InChI is InChI=1S/C20H23ClN4O3S/c21-18-15-16(25-9-3-4-14-29(25,27)28)6-7-17(18)20(26)24-12-10-23(11-13-24)19-5-1-2-8-22-19/h1-2,5-8,15H,3-4,9-14H2. The maximum atomic E-state index is 13.0. The number of anilines is 2. The van der Waals surface area contributed by atoms with Gasteiger partial charge in [-0.2, -0.15) is 0 Å². The van der Waals surface area contributed by atoms with Crippen LogP contribution in [0, 0.1) is 0 Å². The molecule has 3 heterocycles. The van der Waals surface area contributed by atoms with E-state index in [-0.39, 0.29) is 16.7 Å². The summed E-state index contributed by atoms with van der Waals surface area (Å²) in [7, 11) is -3.31. The van der Waals surface area contributed by atoms with Crippen LogP contribution in [0.15, 0.2) is 42.6 Å². The summed E-state index contributed by atoms with van der Waals surface area (Å²) in [6, 6.07) is 10.7. The number of hydrogen-bond donors (Lipinski definition) is 0. The minimum Gasteiger partial charge on any atom is -0.353 e. The third-order valence-corrected chi connectivity index (χ3v) is 7.54. The van der Waals surface area contributed by atoms with Gasteiger partial charge in [-0.25, -0.2) is 13.4 Å². The van der Waals surface area contributed by atoms with Gasteiger partial charge in [0.15, 0.2) is 0 Å². The number of amides is 1. The molecule has 7 nitrogen and oxygen atoms in total. The minimum atomic E-state index is -3.31. The average molecular weight is 435 g/mol. The van der Waals surface area contributed by atoms with E-state index in [1.165, 1.54) is 4.31 Å². The molecule has 9 heteroatoms. The zero-order valence-electron chi connectivity index (χ0n) is 16.0. The maximum absolute atomic E-state index is 13.0. The Bertz CT molecular complexity index is 992. The van der Waals surface area contributed by atoms with E-state index < -0.39 is 10.0 Å². The molecule has 2 aromatic rings. The Morgan fingerprint density at radius 3 is 2.45 bits per heavy atom. The minimum absolute atomic E-state index is 0.135. The van der Waals surface area contributed by atoms with Gasteiger partial charge in [-0.3, -0.25) is 9.10 Å². The van der Waals surface area contributed by atoms with Crippen molar-refractivity contribution in [3.05, 3.63) is 53.2 Å². The molecule has 0 spiro atoms. The van der Waals surface area contributed by atoms with Gasteiger partial charge in [0.2, 0.25) is 10.0 Å². The molecule has 29 heavy (non-hydrogen) atoms. The maximum Gasteiger partial charge on any atom is 0.255 e. The quantitative estimate of drug-likeness (QED) is 0.742. The lowest BCUT2D eigenvalue weighted by molar-refractivity contribution is 0.0746.